The van der Waals surface area contributed by atoms with E-state index in [4.69, 9.17) is 11.6 Å². The van der Waals surface area contributed by atoms with Crippen molar-refractivity contribution >= 4 is 39.1 Å². The molecule has 1 atom stereocenters. The lowest BCUT2D eigenvalue weighted by Crippen LogP contribution is -2.50. The number of para-hydroxylation sites is 1. The molecule has 1 N–H and O–H groups in total. The molecule has 0 fully saturated rings. The fourth-order valence-electron chi connectivity index (χ4n) is 4.44. The predicted octanol–water partition coefficient (Wildman–Crippen LogP) is 5.44. The highest BCUT2D eigenvalue weighted by Gasteiger charge is 2.30. The van der Waals surface area contributed by atoms with Crippen molar-refractivity contribution in [2.45, 2.75) is 51.6 Å². The van der Waals surface area contributed by atoms with E-state index in [2.05, 4.69) is 12.2 Å². The van der Waals surface area contributed by atoms with E-state index < -0.39 is 16.1 Å². The first-order valence-corrected chi connectivity index (χ1v) is 15.8. The number of sulfonamides is 1. The molecule has 0 unspecified atom stereocenters. The Hall–Kier alpha value is -3.36. The summed E-state index contributed by atoms with van der Waals surface area (Å²) >= 11 is 6.09. The lowest BCUT2D eigenvalue weighted by atomic mass is 10.0. The quantitative estimate of drug-likeness (QED) is 0.241. The van der Waals surface area contributed by atoms with Crippen LogP contribution in [0.4, 0.5) is 5.69 Å². The Balaban J connectivity index is 1.85. The zero-order valence-corrected chi connectivity index (χ0v) is 24.7. The average molecular weight is 584 g/mol. The summed E-state index contributed by atoms with van der Waals surface area (Å²) < 4.78 is 26.3. The standard InChI is InChI=1S/C31H38ClN3O4S/c1-3-4-21-33-31(37)29(23-25-12-7-5-8-13-25)34(24-26-17-19-27(32)20-18-26)30(36)16-11-22-35(40(2,38)39)28-14-9-6-10-15-28/h5-10,12-15,17-20,29H,3-4,11,16,21-24H2,1-2H3,(H,33,37)/t29-/m0/s1. The molecule has 7 nitrogen and oxygen atoms in total. The van der Waals surface area contributed by atoms with Gasteiger partial charge in [-0.3, -0.25) is 13.9 Å². The topological polar surface area (TPSA) is 86.8 Å². The summed E-state index contributed by atoms with van der Waals surface area (Å²) in [4.78, 5) is 28.9. The van der Waals surface area contributed by atoms with Gasteiger partial charge in [-0.2, -0.15) is 0 Å². The highest BCUT2D eigenvalue weighted by molar-refractivity contribution is 7.92. The molecular formula is C31H38ClN3O4S. The molecule has 2 amide bonds. The first kappa shape index (κ1) is 31.2. The number of unbranched alkanes of at least 4 members (excludes halogenated alkanes) is 1. The number of benzene rings is 3. The first-order valence-electron chi connectivity index (χ1n) is 13.6. The Kier molecular flexibility index (Phi) is 12.0. The molecule has 0 saturated carbocycles. The minimum absolute atomic E-state index is 0.0833. The average Bonchev–Trinajstić information content (AvgIpc) is 2.94. The number of anilines is 1. The monoisotopic (exact) mass is 583 g/mol. The van der Waals surface area contributed by atoms with Crippen LogP contribution in [0.15, 0.2) is 84.9 Å². The number of halogens is 1. The van der Waals surface area contributed by atoms with Crippen molar-refractivity contribution in [1.82, 2.24) is 10.2 Å². The molecule has 0 radical (unpaired) electrons. The molecule has 0 heterocycles. The van der Waals surface area contributed by atoms with E-state index in [1.165, 1.54) is 4.31 Å². The van der Waals surface area contributed by atoms with Crippen molar-refractivity contribution in [3.05, 3.63) is 101 Å². The van der Waals surface area contributed by atoms with Gasteiger partial charge in [-0.05, 0) is 48.2 Å². The van der Waals surface area contributed by atoms with Crippen molar-refractivity contribution in [2.75, 3.05) is 23.7 Å². The van der Waals surface area contributed by atoms with Crippen LogP contribution in [0.2, 0.25) is 5.02 Å². The molecule has 214 valence electrons. The maximum Gasteiger partial charge on any atom is 0.243 e. The van der Waals surface area contributed by atoms with Gasteiger partial charge in [0.25, 0.3) is 0 Å². The summed E-state index contributed by atoms with van der Waals surface area (Å²) in [7, 11) is -3.54. The second kappa shape index (κ2) is 15.4. The van der Waals surface area contributed by atoms with Crippen LogP contribution in [0.5, 0.6) is 0 Å². The van der Waals surface area contributed by atoms with Gasteiger partial charge in [-0.25, -0.2) is 8.42 Å². The Labute approximate surface area is 243 Å². The third-order valence-electron chi connectivity index (χ3n) is 6.56. The van der Waals surface area contributed by atoms with Crippen molar-refractivity contribution in [3.8, 4) is 0 Å². The fourth-order valence-corrected chi connectivity index (χ4v) is 5.54. The highest BCUT2D eigenvalue weighted by atomic mass is 35.5. The number of nitrogens with one attached hydrogen (secondary N) is 1. The summed E-state index contributed by atoms with van der Waals surface area (Å²) in [5, 5.41) is 3.59. The molecule has 0 aliphatic carbocycles. The minimum Gasteiger partial charge on any atom is -0.354 e. The minimum atomic E-state index is -3.54. The summed E-state index contributed by atoms with van der Waals surface area (Å²) in [5.41, 5.74) is 2.34. The van der Waals surface area contributed by atoms with E-state index in [-0.39, 0.29) is 31.3 Å². The van der Waals surface area contributed by atoms with Crippen LogP contribution >= 0.6 is 11.6 Å². The molecule has 3 aromatic carbocycles. The Morgan fingerprint density at radius 2 is 1.50 bits per heavy atom. The van der Waals surface area contributed by atoms with Crippen LogP contribution < -0.4 is 9.62 Å². The molecule has 0 spiro atoms. The summed E-state index contributed by atoms with van der Waals surface area (Å²) in [5.74, 6) is -0.426. The maximum absolute atomic E-state index is 13.8. The third kappa shape index (κ3) is 9.68. The predicted molar refractivity (Wildman–Crippen MR) is 162 cm³/mol. The van der Waals surface area contributed by atoms with Gasteiger partial charge in [0.05, 0.1) is 11.9 Å². The second-order valence-electron chi connectivity index (χ2n) is 9.77. The van der Waals surface area contributed by atoms with Crippen LogP contribution in [-0.2, 0) is 32.6 Å². The van der Waals surface area contributed by atoms with Gasteiger partial charge < -0.3 is 10.2 Å². The smallest absolute Gasteiger partial charge is 0.243 e. The van der Waals surface area contributed by atoms with Crippen LogP contribution in [0, 0.1) is 0 Å². The number of rotatable bonds is 15. The molecule has 3 rings (SSSR count). The van der Waals surface area contributed by atoms with Crippen LogP contribution in [-0.4, -0.2) is 50.5 Å². The summed E-state index contributed by atoms with van der Waals surface area (Å²) in [6.07, 6.45) is 3.68. The Morgan fingerprint density at radius 1 is 0.875 bits per heavy atom. The number of hydrogen-bond donors (Lipinski definition) is 1. The maximum atomic E-state index is 13.8. The fraction of sp³-hybridized carbons (Fsp3) is 0.355. The Morgan fingerprint density at radius 3 is 2.10 bits per heavy atom. The normalized spacial score (nSPS) is 12.0. The number of carbonyl (C=O) groups excluding carboxylic acids is 2. The number of nitrogens with zero attached hydrogens (tertiary/aromatic N) is 2. The molecule has 40 heavy (non-hydrogen) atoms. The summed E-state index contributed by atoms with van der Waals surface area (Å²) in [6, 6.07) is 24.9. The van der Waals surface area contributed by atoms with Gasteiger partial charge in [0.2, 0.25) is 21.8 Å². The first-order chi connectivity index (χ1) is 19.2. The molecule has 0 aliphatic heterocycles. The lowest BCUT2D eigenvalue weighted by Gasteiger charge is -2.32. The van der Waals surface area contributed by atoms with Crippen molar-refractivity contribution in [2.24, 2.45) is 0 Å². The molecule has 9 heteroatoms. The SMILES string of the molecule is CCCCNC(=O)[C@H](Cc1ccccc1)N(Cc1ccc(Cl)cc1)C(=O)CCCN(c1ccccc1)S(C)(=O)=O. The lowest BCUT2D eigenvalue weighted by molar-refractivity contribution is -0.141. The van der Waals surface area contributed by atoms with Gasteiger partial charge in [-0.15, -0.1) is 0 Å². The molecular weight excluding hydrogens is 546 g/mol. The number of amides is 2. The van der Waals surface area contributed by atoms with Crippen LogP contribution in [0.25, 0.3) is 0 Å². The number of carbonyl (C=O) groups is 2. The van der Waals surface area contributed by atoms with E-state index in [0.717, 1.165) is 30.2 Å². The molecule has 0 aliphatic rings. The van der Waals surface area contributed by atoms with Crippen molar-refractivity contribution in [3.63, 3.8) is 0 Å². The van der Waals surface area contributed by atoms with E-state index in [1.54, 1.807) is 41.3 Å². The largest absolute Gasteiger partial charge is 0.354 e. The molecule has 0 bridgehead atoms. The molecule has 0 saturated heterocycles. The van der Waals surface area contributed by atoms with Crippen LogP contribution in [0.1, 0.15) is 43.7 Å². The van der Waals surface area contributed by atoms with E-state index in [0.29, 0.717) is 30.1 Å². The van der Waals surface area contributed by atoms with Crippen LogP contribution in [0.3, 0.4) is 0 Å². The van der Waals surface area contributed by atoms with E-state index >= 15 is 0 Å². The van der Waals surface area contributed by atoms with Gasteiger partial charge in [0.15, 0.2) is 0 Å². The zero-order chi connectivity index (χ0) is 29.0. The van der Waals surface area contributed by atoms with Gasteiger partial charge in [0, 0.05) is 37.5 Å². The van der Waals surface area contributed by atoms with Crippen molar-refractivity contribution < 1.29 is 18.0 Å². The number of hydrogen-bond acceptors (Lipinski definition) is 4. The van der Waals surface area contributed by atoms with Gasteiger partial charge in [0.1, 0.15) is 6.04 Å². The third-order valence-corrected chi connectivity index (χ3v) is 8.01. The van der Waals surface area contributed by atoms with E-state index in [1.807, 2.05) is 48.5 Å². The van der Waals surface area contributed by atoms with Gasteiger partial charge in [-0.1, -0.05) is 85.6 Å². The summed E-state index contributed by atoms with van der Waals surface area (Å²) in [6.45, 7) is 2.96. The Bertz CT molecular complexity index is 1320. The molecule has 0 aromatic heterocycles. The van der Waals surface area contributed by atoms with Gasteiger partial charge >= 0.3 is 0 Å². The highest BCUT2D eigenvalue weighted by Crippen LogP contribution is 2.20. The second-order valence-corrected chi connectivity index (χ2v) is 12.1. The van der Waals surface area contributed by atoms with E-state index in [9.17, 15) is 18.0 Å². The molecule has 3 aromatic rings. The zero-order valence-electron chi connectivity index (χ0n) is 23.1. The van der Waals surface area contributed by atoms with Crippen molar-refractivity contribution in [1.29, 1.82) is 0 Å².